The number of ether oxygens (including phenoxy) is 1. The van der Waals surface area contributed by atoms with Crippen molar-refractivity contribution < 1.29 is 40.3 Å². The summed E-state index contributed by atoms with van der Waals surface area (Å²) in [5, 5.41) is -0.174. The summed E-state index contributed by atoms with van der Waals surface area (Å²) in [5.74, 6) is -3.25. The topological polar surface area (TPSA) is 112 Å². The summed E-state index contributed by atoms with van der Waals surface area (Å²) in [7, 11) is -3.98. The third kappa shape index (κ3) is 5.83. The Bertz CT molecular complexity index is 1240. The Hall–Kier alpha value is -3.30. The number of nitrogens with zero attached hydrogens (tertiary/aromatic N) is 4. The van der Waals surface area contributed by atoms with Crippen LogP contribution in [0.1, 0.15) is 12.8 Å². The van der Waals surface area contributed by atoms with Crippen LogP contribution >= 0.6 is 0 Å². The lowest BCUT2D eigenvalue weighted by Crippen LogP contribution is -2.43. The van der Waals surface area contributed by atoms with Gasteiger partial charge in [0, 0.05) is 50.9 Å². The number of Topliss-reactive ketones (excluding diaryl/α,β-unsaturated/α-hetero) is 1. The number of pyridine rings is 1. The molecule has 4 rings (SSSR count). The first kappa shape index (κ1) is 26.8. The number of benzene rings is 1. The van der Waals surface area contributed by atoms with Crippen LogP contribution in [0, 0.1) is 11.6 Å². The van der Waals surface area contributed by atoms with E-state index in [-0.39, 0.29) is 49.9 Å². The molecule has 1 N–H and O–H groups in total. The lowest BCUT2D eigenvalue weighted by Gasteiger charge is -2.25. The third-order valence-electron chi connectivity index (χ3n) is 5.89. The van der Waals surface area contributed by atoms with Crippen molar-refractivity contribution in [2.75, 3.05) is 42.5 Å². The fourth-order valence-corrected chi connectivity index (χ4v) is 5.31. The molecule has 0 spiro atoms. The molecule has 37 heavy (non-hydrogen) atoms. The van der Waals surface area contributed by atoms with Gasteiger partial charge in [-0.15, -0.1) is 4.41 Å². The lowest BCUT2D eigenvalue weighted by atomic mass is 10.1. The van der Waals surface area contributed by atoms with Crippen molar-refractivity contribution in [3.05, 3.63) is 48.2 Å². The summed E-state index contributed by atoms with van der Waals surface area (Å²) in [6.45, 7) is -0.200. The predicted molar refractivity (Wildman–Crippen MR) is 123 cm³/mol. The number of carbonyl (C=O) groups excluding carboxylic acids is 2. The Morgan fingerprint density at radius 3 is 2.54 bits per heavy atom. The molecule has 0 saturated carbocycles. The van der Waals surface area contributed by atoms with Gasteiger partial charge in [-0.1, -0.05) is 6.07 Å². The van der Waals surface area contributed by atoms with E-state index in [1.807, 2.05) is 0 Å². The fourth-order valence-electron chi connectivity index (χ4n) is 4.06. The average Bonchev–Trinajstić information content (AvgIpc) is 3.06. The van der Waals surface area contributed by atoms with E-state index in [9.17, 15) is 26.8 Å². The first-order valence-electron chi connectivity index (χ1n) is 11.3. The minimum Gasteiger partial charge on any atom is -0.444 e. The van der Waals surface area contributed by atoms with Crippen molar-refractivity contribution in [3.8, 4) is 0 Å². The lowest BCUT2D eigenvalue weighted by molar-refractivity contribution is -0.129. The number of amides is 1. The van der Waals surface area contributed by atoms with Gasteiger partial charge in [-0.25, -0.2) is 41.2 Å². The second-order valence-corrected chi connectivity index (χ2v) is 10.1. The first-order chi connectivity index (χ1) is 17.6. The highest BCUT2D eigenvalue weighted by Crippen LogP contribution is 2.32. The van der Waals surface area contributed by atoms with Crippen molar-refractivity contribution in [1.82, 2.24) is 14.8 Å². The van der Waals surface area contributed by atoms with Crippen molar-refractivity contribution >= 4 is 33.3 Å². The standard InChI is InChI=1S/C22H23F4N5O5S/c23-16-11-14(30-13-15(36-22(30)33)4-5-18(32)21(25)26)12-17(24)20(16)29-8-7-28-31(10-9-29)37(34,35)19-3-1-2-6-27-19/h1-3,6,11-12,15,21,28H,4-5,7-10,13H2/t15-/m0/s1. The minimum atomic E-state index is -3.98. The highest BCUT2D eigenvalue weighted by atomic mass is 32.2. The van der Waals surface area contributed by atoms with Gasteiger partial charge in [0.1, 0.15) is 11.8 Å². The number of aromatic nitrogens is 1. The summed E-state index contributed by atoms with van der Waals surface area (Å²) in [4.78, 5) is 29.5. The molecule has 1 aromatic carbocycles. The maximum absolute atomic E-state index is 15.1. The highest BCUT2D eigenvalue weighted by molar-refractivity contribution is 7.89. The zero-order valence-corrected chi connectivity index (χ0v) is 20.1. The Morgan fingerprint density at radius 1 is 1.16 bits per heavy atom. The number of ketones is 1. The van der Waals surface area contributed by atoms with E-state index in [2.05, 4.69) is 10.4 Å². The monoisotopic (exact) mass is 545 g/mol. The SMILES string of the molecule is O=C(CC[C@H]1CN(c2cc(F)c(N3CCNN(S(=O)(=O)c4ccccn4)CC3)c(F)c2)C(=O)O1)C(F)F. The van der Waals surface area contributed by atoms with Gasteiger partial charge in [0.2, 0.25) is 0 Å². The Kier molecular flexibility index (Phi) is 7.94. The van der Waals surface area contributed by atoms with Crippen LogP contribution < -0.4 is 15.2 Å². The van der Waals surface area contributed by atoms with Crippen LogP contribution in [0.15, 0.2) is 41.6 Å². The van der Waals surface area contributed by atoms with Gasteiger partial charge in [0.05, 0.1) is 12.2 Å². The van der Waals surface area contributed by atoms with Crippen LogP contribution in [0.2, 0.25) is 0 Å². The number of hydrogen-bond donors (Lipinski definition) is 1. The van der Waals surface area contributed by atoms with Crippen LogP contribution in [0.4, 0.5) is 33.7 Å². The smallest absolute Gasteiger partial charge is 0.414 e. The number of hydrogen-bond acceptors (Lipinski definition) is 8. The van der Waals surface area contributed by atoms with Crippen LogP contribution in [-0.2, 0) is 19.6 Å². The summed E-state index contributed by atoms with van der Waals surface area (Å²) in [6, 6.07) is 6.31. The van der Waals surface area contributed by atoms with E-state index in [1.54, 1.807) is 6.07 Å². The number of hydrazine groups is 1. The number of anilines is 2. The van der Waals surface area contributed by atoms with E-state index in [0.29, 0.717) is 0 Å². The van der Waals surface area contributed by atoms with Crippen molar-refractivity contribution in [2.24, 2.45) is 0 Å². The van der Waals surface area contributed by atoms with Gasteiger partial charge < -0.3 is 9.64 Å². The minimum absolute atomic E-state index is 0.0434. The Balaban J connectivity index is 1.45. The van der Waals surface area contributed by atoms with E-state index >= 15 is 8.78 Å². The molecule has 2 saturated heterocycles. The number of alkyl halides is 2. The zero-order chi connectivity index (χ0) is 26.7. The van der Waals surface area contributed by atoms with Gasteiger partial charge in [-0.3, -0.25) is 9.69 Å². The highest BCUT2D eigenvalue weighted by Gasteiger charge is 2.35. The molecule has 2 fully saturated rings. The van der Waals surface area contributed by atoms with Crippen molar-refractivity contribution in [3.63, 3.8) is 0 Å². The van der Waals surface area contributed by atoms with Crippen LogP contribution in [0.25, 0.3) is 0 Å². The molecular formula is C22H23F4N5O5S. The molecule has 1 atom stereocenters. The first-order valence-corrected chi connectivity index (χ1v) is 12.7. The van der Waals surface area contributed by atoms with E-state index in [1.165, 1.54) is 23.2 Å². The molecule has 3 heterocycles. The number of sulfonamides is 1. The number of nitrogens with one attached hydrogen (secondary N) is 1. The summed E-state index contributed by atoms with van der Waals surface area (Å²) < 4.78 is 86.6. The van der Waals surface area contributed by atoms with Gasteiger partial charge >= 0.3 is 6.09 Å². The maximum atomic E-state index is 15.1. The van der Waals surface area contributed by atoms with Gasteiger partial charge in [0.15, 0.2) is 22.4 Å². The van der Waals surface area contributed by atoms with Crippen LogP contribution in [-0.4, -0.2) is 74.9 Å². The van der Waals surface area contributed by atoms with E-state index < -0.39 is 58.2 Å². The number of halogens is 4. The van der Waals surface area contributed by atoms with E-state index in [4.69, 9.17) is 4.74 Å². The maximum Gasteiger partial charge on any atom is 0.414 e. The molecule has 0 radical (unpaired) electrons. The normalized spacial score (nSPS) is 19.3. The average molecular weight is 546 g/mol. The molecule has 200 valence electrons. The molecule has 0 aliphatic carbocycles. The third-order valence-corrected chi connectivity index (χ3v) is 7.56. The number of carbonyl (C=O) groups is 2. The molecule has 2 aliphatic heterocycles. The summed E-state index contributed by atoms with van der Waals surface area (Å²) >= 11 is 0. The summed E-state index contributed by atoms with van der Waals surface area (Å²) in [6.07, 6.45) is -4.24. The number of rotatable bonds is 8. The molecule has 0 bridgehead atoms. The van der Waals surface area contributed by atoms with Crippen LogP contribution in [0.5, 0.6) is 0 Å². The number of cyclic esters (lactones) is 1. The van der Waals surface area contributed by atoms with Crippen molar-refractivity contribution in [1.29, 1.82) is 0 Å². The Morgan fingerprint density at radius 2 is 1.89 bits per heavy atom. The molecule has 1 aromatic heterocycles. The quantitative estimate of drug-likeness (QED) is 0.503. The molecule has 15 heteroatoms. The fraction of sp³-hybridized carbons (Fsp3) is 0.409. The molecule has 10 nitrogen and oxygen atoms in total. The predicted octanol–water partition coefficient (Wildman–Crippen LogP) is 2.31. The molecule has 1 amide bonds. The molecule has 0 unspecified atom stereocenters. The largest absolute Gasteiger partial charge is 0.444 e. The van der Waals surface area contributed by atoms with Crippen molar-refractivity contribution in [2.45, 2.75) is 30.4 Å². The molecule has 2 aromatic rings. The van der Waals surface area contributed by atoms with Gasteiger partial charge in [-0.2, -0.15) is 0 Å². The van der Waals surface area contributed by atoms with E-state index in [0.717, 1.165) is 21.4 Å². The van der Waals surface area contributed by atoms with Gasteiger partial charge in [0.25, 0.3) is 16.4 Å². The molecular weight excluding hydrogens is 522 g/mol. The molecule has 2 aliphatic rings. The Labute approximate surface area is 209 Å². The van der Waals surface area contributed by atoms with Gasteiger partial charge in [-0.05, 0) is 18.6 Å². The second kappa shape index (κ2) is 11.0. The van der Waals surface area contributed by atoms with Crippen LogP contribution in [0.3, 0.4) is 0 Å². The zero-order valence-electron chi connectivity index (χ0n) is 19.3. The summed E-state index contributed by atoms with van der Waals surface area (Å²) in [5.41, 5.74) is 2.20. The second-order valence-electron chi connectivity index (χ2n) is 8.32.